The number of hydrogen-bond donors (Lipinski definition) is 2. The predicted octanol–water partition coefficient (Wildman–Crippen LogP) is -3.80. The minimum Gasteiger partial charge on any atom is -0.530 e. The van der Waals surface area contributed by atoms with Crippen LogP contribution in [0.3, 0.4) is 0 Å². The zero-order valence-corrected chi connectivity index (χ0v) is 8.94. The summed E-state index contributed by atoms with van der Waals surface area (Å²) in [6.45, 7) is 0. The molecule has 0 heterocycles. The van der Waals surface area contributed by atoms with Crippen molar-refractivity contribution in [2.75, 3.05) is 0 Å². The molecule has 7 heteroatoms. The zero-order valence-electron chi connectivity index (χ0n) is 4.49. The molecule has 0 fully saturated rings. The molecule has 0 spiro atoms. The molecule has 0 aliphatic rings. The van der Waals surface area contributed by atoms with Crippen molar-refractivity contribution in [1.29, 1.82) is 0 Å². The average molecular weight is 257 g/mol. The van der Waals surface area contributed by atoms with Crippen molar-refractivity contribution in [3.8, 4) is 0 Å². The Kier molecular flexibility index (Phi) is 19.6. The second-order valence-corrected chi connectivity index (χ2v) is 0.638. The molecule has 0 unspecified atom stereocenters. The number of nitrogens with two attached hydrogens (primary N) is 2. The Morgan fingerprint density at radius 1 is 1.00 bits per heavy atom. The summed E-state index contributed by atoms with van der Waals surface area (Å²) in [7, 11) is 0. The number of primary amides is 2. The van der Waals surface area contributed by atoms with Crippen LogP contribution < -0.4 is 21.7 Å². The van der Waals surface area contributed by atoms with Crippen LogP contribution in [-0.4, -0.2) is 61.1 Å². The van der Waals surface area contributed by atoms with Crippen LogP contribution in [0.25, 0.3) is 0 Å². The number of amides is 2. The van der Waals surface area contributed by atoms with E-state index >= 15 is 0 Å². The summed E-state index contributed by atoms with van der Waals surface area (Å²) in [5.74, 6) is 0. The van der Waals surface area contributed by atoms with Gasteiger partial charge in [-0.15, -0.1) is 0 Å². The third kappa shape index (κ3) is 24400. The van der Waals surface area contributed by atoms with Crippen LogP contribution in [0.15, 0.2) is 0 Å². The predicted molar refractivity (Wildman–Crippen MR) is 24.9 cm³/mol. The van der Waals surface area contributed by atoms with E-state index in [-0.39, 0.29) is 48.9 Å². The Morgan fingerprint density at radius 3 is 1.00 bits per heavy atom. The van der Waals surface area contributed by atoms with Crippen molar-refractivity contribution in [3.05, 3.63) is 0 Å². The fraction of sp³-hybridized carbons (Fsp3) is 0. The molecule has 48 valence electrons. The van der Waals surface area contributed by atoms with Gasteiger partial charge in [0.25, 0.3) is 0 Å². The van der Waals surface area contributed by atoms with Crippen molar-refractivity contribution >= 4 is 61.1 Å². The molecule has 0 aromatic rings. The first kappa shape index (κ1) is 16.1. The molecule has 0 rings (SSSR count). The van der Waals surface area contributed by atoms with Crippen molar-refractivity contribution in [2.24, 2.45) is 11.5 Å². The third-order valence-corrected chi connectivity index (χ3v) is 0. The van der Waals surface area contributed by atoms with Gasteiger partial charge in [0.05, 0.1) is 0 Å². The maximum atomic E-state index is 8.67. The Labute approximate surface area is 91.3 Å². The van der Waals surface area contributed by atoms with Gasteiger partial charge in [-0.2, -0.15) is 0 Å². The van der Waals surface area contributed by atoms with E-state index in [1.165, 1.54) is 0 Å². The topological polar surface area (TPSA) is 132 Å². The normalized spacial score (nSPS) is 5.33. The molecule has 0 aromatic heterocycles. The molecular formula is C2H4BaN2O4. The van der Waals surface area contributed by atoms with Crippen LogP contribution in [0.4, 0.5) is 9.59 Å². The van der Waals surface area contributed by atoms with E-state index in [1.54, 1.807) is 0 Å². The second-order valence-electron chi connectivity index (χ2n) is 0.638. The van der Waals surface area contributed by atoms with Gasteiger partial charge in [0, 0.05) is 0 Å². The van der Waals surface area contributed by atoms with Crippen LogP contribution in [0.2, 0.25) is 0 Å². The number of carbonyl (C=O) groups excluding carboxylic acids is 2. The quantitative estimate of drug-likeness (QED) is 0.430. The molecule has 0 aliphatic carbocycles. The average Bonchev–Trinajstić information content (AvgIpc) is 1.25. The Balaban J connectivity index is -0.0000000720. The Bertz CT molecular complexity index is 74.6. The van der Waals surface area contributed by atoms with Gasteiger partial charge in [-0.3, -0.25) is 0 Å². The van der Waals surface area contributed by atoms with Gasteiger partial charge in [0.1, 0.15) is 12.2 Å². The summed E-state index contributed by atoms with van der Waals surface area (Å²) in [4.78, 5) is 17.3. The smallest absolute Gasteiger partial charge is 0.530 e. The number of rotatable bonds is 0. The standard InChI is InChI=1S/2CH3NO2.Ba/c2*2-1(3)4;/h2*2H2,(H,3,4);/q;;+2/p-2. The monoisotopic (exact) mass is 258 g/mol. The van der Waals surface area contributed by atoms with Gasteiger partial charge in [-0.05, 0) is 0 Å². The SMILES string of the molecule is NC(=O)[O-].NC(=O)[O-].[Ba+2]. The van der Waals surface area contributed by atoms with Gasteiger partial charge in [-0.25, -0.2) is 0 Å². The van der Waals surface area contributed by atoms with Crippen molar-refractivity contribution < 1.29 is 19.8 Å². The van der Waals surface area contributed by atoms with Gasteiger partial charge < -0.3 is 31.3 Å². The molecule has 0 bridgehead atoms. The van der Waals surface area contributed by atoms with E-state index in [0.29, 0.717) is 0 Å². The molecule has 2 amide bonds. The fourth-order valence-corrected chi connectivity index (χ4v) is 0. The zero-order chi connectivity index (χ0) is 7.15. The second kappa shape index (κ2) is 11.0. The van der Waals surface area contributed by atoms with Crippen LogP contribution in [0.5, 0.6) is 0 Å². The van der Waals surface area contributed by atoms with Crippen LogP contribution >= 0.6 is 0 Å². The largest absolute Gasteiger partial charge is 2.00 e. The first-order valence-electron chi connectivity index (χ1n) is 1.39. The van der Waals surface area contributed by atoms with Gasteiger partial charge in [0.2, 0.25) is 0 Å². The molecule has 9 heavy (non-hydrogen) atoms. The Morgan fingerprint density at radius 2 is 1.00 bits per heavy atom. The summed E-state index contributed by atoms with van der Waals surface area (Å²) in [5.41, 5.74) is 7.83. The van der Waals surface area contributed by atoms with Crippen LogP contribution in [0, 0.1) is 0 Å². The fourth-order valence-electron chi connectivity index (χ4n) is 0. The Hall–Kier alpha value is 0.111. The van der Waals surface area contributed by atoms with Gasteiger partial charge in [-0.1, -0.05) is 0 Å². The molecule has 4 N–H and O–H groups in total. The van der Waals surface area contributed by atoms with Crippen molar-refractivity contribution in [1.82, 2.24) is 0 Å². The van der Waals surface area contributed by atoms with E-state index in [0.717, 1.165) is 0 Å². The summed E-state index contributed by atoms with van der Waals surface area (Å²) >= 11 is 0. The summed E-state index contributed by atoms with van der Waals surface area (Å²) < 4.78 is 0. The van der Waals surface area contributed by atoms with E-state index in [4.69, 9.17) is 19.8 Å². The molecule has 0 aromatic carbocycles. The first-order chi connectivity index (χ1) is 3.46. The van der Waals surface area contributed by atoms with E-state index in [1.807, 2.05) is 0 Å². The molecule has 0 atom stereocenters. The summed E-state index contributed by atoms with van der Waals surface area (Å²) in [6.07, 6.45) is -3.17. The number of carboxylic acid groups (broad SMARTS) is 2. The summed E-state index contributed by atoms with van der Waals surface area (Å²) in [5, 5.41) is 17.3. The third-order valence-electron chi connectivity index (χ3n) is 0. The molecule has 0 aliphatic heterocycles. The van der Waals surface area contributed by atoms with Crippen LogP contribution in [0.1, 0.15) is 0 Å². The molecule has 6 nitrogen and oxygen atoms in total. The van der Waals surface area contributed by atoms with Crippen LogP contribution in [-0.2, 0) is 0 Å². The van der Waals surface area contributed by atoms with Gasteiger partial charge in [0.15, 0.2) is 0 Å². The maximum absolute atomic E-state index is 8.67. The molecule has 0 saturated carbocycles. The molecular weight excluding hydrogens is 253 g/mol. The maximum Gasteiger partial charge on any atom is 2.00 e. The number of hydrogen-bond acceptors (Lipinski definition) is 4. The first-order valence-corrected chi connectivity index (χ1v) is 1.39. The molecule has 0 saturated heterocycles. The van der Waals surface area contributed by atoms with E-state index in [2.05, 4.69) is 11.5 Å². The van der Waals surface area contributed by atoms with E-state index < -0.39 is 12.2 Å². The minimum absolute atomic E-state index is 0. The summed E-state index contributed by atoms with van der Waals surface area (Å²) in [6, 6.07) is 0. The number of carbonyl (C=O) groups is 2. The van der Waals surface area contributed by atoms with Gasteiger partial charge >= 0.3 is 48.9 Å². The van der Waals surface area contributed by atoms with E-state index in [9.17, 15) is 0 Å². The molecule has 0 radical (unpaired) electrons. The minimum atomic E-state index is -1.58. The van der Waals surface area contributed by atoms with Crippen molar-refractivity contribution in [2.45, 2.75) is 0 Å². The van der Waals surface area contributed by atoms with Crippen molar-refractivity contribution in [3.63, 3.8) is 0 Å².